The summed E-state index contributed by atoms with van der Waals surface area (Å²) in [5.74, 6) is 0.364. The number of hydrogen-bond donors (Lipinski definition) is 2. The molecule has 2 rings (SSSR count). The van der Waals surface area contributed by atoms with Gasteiger partial charge in [0.15, 0.2) is 0 Å². The quantitative estimate of drug-likeness (QED) is 0.848. The van der Waals surface area contributed by atoms with E-state index >= 15 is 0 Å². The van der Waals surface area contributed by atoms with Crippen LogP contribution in [0.5, 0.6) is 0 Å². The second-order valence-corrected chi connectivity index (χ2v) is 6.56. The summed E-state index contributed by atoms with van der Waals surface area (Å²) in [5, 5.41) is 7.47. The SMILES string of the molecule is Cc1cc(C)n(CC(C)CNC(=O)C2CCN(C(N)=O)CC2)n1. The molecule has 3 N–H and O–H groups in total. The molecule has 1 aliphatic rings. The Kier molecular flexibility index (Phi) is 5.63. The highest BCUT2D eigenvalue weighted by Crippen LogP contribution is 2.17. The van der Waals surface area contributed by atoms with Gasteiger partial charge >= 0.3 is 6.03 Å². The van der Waals surface area contributed by atoms with Crippen LogP contribution in [0.4, 0.5) is 4.79 Å². The third-order valence-corrected chi connectivity index (χ3v) is 4.39. The van der Waals surface area contributed by atoms with Gasteiger partial charge in [0.1, 0.15) is 0 Å². The standard InChI is InChI=1S/C16H27N5O2/c1-11(10-21-13(3)8-12(2)19-21)9-18-15(22)14-4-6-20(7-5-14)16(17)23/h8,11,14H,4-7,9-10H2,1-3H3,(H2,17,23)(H,18,22). The number of amides is 3. The summed E-state index contributed by atoms with van der Waals surface area (Å²) in [5.41, 5.74) is 7.40. The summed E-state index contributed by atoms with van der Waals surface area (Å²) in [7, 11) is 0. The largest absolute Gasteiger partial charge is 0.356 e. The summed E-state index contributed by atoms with van der Waals surface area (Å²) in [6, 6.07) is 1.65. The maximum absolute atomic E-state index is 12.2. The number of carbonyl (C=O) groups is 2. The maximum atomic E-state index is 12.2. The predicted molar refractivity (Wildman–Crippen MR) is 87.8 cm³/mol. The lowest BCUT2D eigenvalue weighted by Gasteiger charge is -2.30. The fraction of sp³-hybridized carbons (Fsp3) is 0.688. The molecular weight excluding hydrogens is 294 g/mol. The highest BCUT2D eigenvalue weighted by molar-refractivity contribution is 5.79. The van der Waals surface area contributed by atoms with Gasteiger partial charge in [-0.05, 0) is 38.7 Å². The molecule has 1 aromatic heterocycles. The summed E-state index contributed by atoms with van der Waals surface area (Å²) in [6.45, 7) is 8.68. The first-order chi connectivity index (χ1) is 10.9. The minimum absolute atomic E-state index is 0.0218. The van der Waals surface area contributed by atoms with E-state index in [1.807, 2.05) is 18.5 Å². The zero-order valence-electron chi connectivity index (χ0n) is 14.2. The number of urea groups is 1. The maximum Gasteiger partial charge on any atom is 0.314 e. The van der Waals surface area contributed by atoms with E-state index in [0.717, 1.165) is 17.9 Å². The fourth-order valence-corrected chi connectivity index (χ4v) is 3.00. The molecule has 128 valence electrons. The number of carbonyl (C=O) groups excluding carboxylic acids is 2. The van der Waals surface area contributed by atoms with Gasteiger partial charge in [-0.2, -0.15) is 5.10 Å². The van der Waals surface area contributed by atoms with Crippen LogP contribution < -0.4 is 11.1 Å². The lowest BCUT2D eigenvalue weighted by Crippen LogP contribution is -2.45. The van der Waals surface area contributed by atoms with Crippen molar-refractivity contribution in [1.29, 1.82) is 0 Å². The lowest BCUT2D eigenvalue weighted by molar-refractivity contribution is -0.126. The number of piperidine rings is 1. The molecule has 1 atom stereocenters. The van der Waals surface area contributed by atoms with E-state index in [-0.39, 0.29) is 11.8 Å². The zero-order valence-corrected chi connectivity index (χ0v) is 14.2. The van der Waals surface area contributed by atoms with Gasteiger partial charge in [0, 0.05) is 37.8 Å². The first-order valence-electron chi connectivity index (χ1n) is 8.20. The van der Waals surface area contributed by atoms with E-state index in [2.05, 4.69) is 23.4 Å². The van der Waals surface area contributed by atoms with Gasteiger partial charge in [-0.25, -0.2) is 4.79 Å². The Morgan fingerprint density at radius 3 is 2.57 bits per heavy atom. The van der Waals surface area contributed by atoms with E-state index in [4.69, 9.17) is 5.73 Å². The van der Waals surface area contributed by atoms with Crippen molar-refractivity contribution in [1.82, 2.24) is 20.0 Å². The Bertz CT molecular complexity index is 561. The number of aromatic nitrogens is 2. The summed E-state index contributed by atoms with van der Waals surface area (Å²) >= 11 is 0. The molecule has 1 aromatic rings. The van der Waals surface area contributed by atoms with Crippen molar-refractivity contribution in [3.63, 3.8) is 0 Å². The molecule has 1 saturated heterocycles. The van der Waals surface area contributed by atoms with Crippen molar-refractivity contribution in [3.05, 3.63) is 17.5 Å². The average molecular weight is 321 g/mol. The molecule has 1 fully saturated rings. The van der Waals surface area contributed by atoms with Crippen LogP contribution in [0, 0.1) is 25.7 Å². The Balaban J connectivity index is 1.74. The van der Waals surface area contributed by atoms with Gasteiger partial charge in [-0.1, -0.05) is 6.92 Å². The number of nitrogens with two attached hydrogens (primary N) is 1. The number of aryl methyl sites for hydroxylation is 2. The highest BCUT2D eigenvalue weighted by Gasteiger charge is 2.26. The van der Waals surface area contributed by atoms with Crippen molar-refractivity contribution in [2.24, 2.45) is 17.6 Å². The van der Waals surface area contributed by atoms with Crippen LogP contribution in [0.3, 0.4) is 0 Å². The minimum atomic E-state index is -0.401. The molecule has 23 heavy (non-hydrogen) atoms. The van der Waals surface area contributed by atoms with E-state index < -0.39 is 6.03 Å². The van der Waals surface area contributed by atoms with Crippen molar-refractivity contribution in [3.8, 4) is 0 Å². The van der Waals surface area contributed by atoms with Gasteiger partial charge < -0.3 is 16.0 Å². The van der Waals surface area contributed by atoms with Gasteiger partial charge in [-0.3, -0.25) is 9.48 Å². The van der Waals surface area contributed by atoms with E-state index in [0.29, 0.717) is 38.4 Å². The van der Waals surface area contributed by atoms with Crippen molar-refractivity contribution >= 4 is 11.9 Å². The molecule has 7 nitrogen and oxygen atoms in total. The molecule has 0 radical (unpaired) electrons. The number of rotatable bonds is 5. The Morgan fingerprint density at radius 2 is 2.04 bits per heavy atom. The van der Waals surface area contributed by atoms with E-state index in [1.54, 1.807) is 4.90 Å². The molecule has 0 spiro atoms. The van der Waals surface area contributed by atoms with Crippen LogP contribution in [0.2, 0.25) is 0 Å². The molecule has 2 heterocycles. The topological polar surface area (TPSA) is 93.3 Å². The summed E-state index contributed by atoms with van der Waals surface area (Å²) in [4.78, 5) is 24.9. The second-order valence-electron chi connectivity index (χ2n) is 6.56. The molecule has 0 aliphatic carbocycles. The van der Waals surface area contributed by atoms with Crippen molar-refractivity contribution < 1.29 is 9.59 Å². The summed E-state index contributed by atoms with van der Waals surface area (Å²) in [6.07, 6.45) is 1.36. The molecule has 7 heteroatoms. The number of likely N-dealkylation sites (tertiary alicyclic amines) is 1. The van der Waals surface area contributed by atoms with Crippen LogP contribution in [-0.2, 0) is 11.3 Å². The molecule has 3 amide bonds. The molecule has 1 unspecified atom stereocenters. The normalized spacial score (nSPS) is 17.1. The fourth-order valence-electron chi connectivity index (χ4n) is 3.00. The lowest BCUT2D eigenvalue weighted by atomic mass is 9.96. The first kappa shape index (κ1) is 17.3. The molecule has 0 saturated carbocycles. The zero-order chi connectivity index (χ0) is 17.0. The first-order valence-corrected chi connectivity index (χ1v) is 8.20. The summed E-state index contributed by atoms with van der Waals surface area (Å²) < 4.78 is 1.98. The van der Waals surface area contributed by atoms with Crippen LogP contribution in [0.1, 0.15) is 31.2 Å². The predicted octanol–water partition coefficient (Wildman–Crippen LogP) is 1.04. The van der Waals surface area contributed by atoms with E-state index in [9.17, 15) is 9.59 Å². The third kappa shape index (κ3) is 4.71. The van der Waals surface area contributed by atoms with Crippen LogP contribution >= 0.6 is 0 Å². The van der Waals surface area contributed by atoms with Crippen molar-refractivity contribution in [2.45, 2.75) is 40.2 Å². The number of hydrogen-bond acceptors (Lipinski definition) is 3. The van der Waals surface area contributed by atoms with Crippen LogP contribution in [0.25, 0.3) is 0 Å². The van der Waals surface area contributed by atoms with E-state index in [1.165, 1.54) is 0 Å². The average Bonchev–Trinajstić information content (AvgIpc) is 2.82. The number of nitrogens with one attached hydrogen (secondary N) is 1. The molecule has 0 aromatic carbocycles. The minimum Gasteiger partial charge on any atom is -0.356 e. The van der Waals surface area contributed by atoms with Gasteiger partial charge in [-0.15, -0.1) is 0 Å². The molecular formula is C16H27N5O2. The number of nitrogens with zero attached hydrogens (tertiary/aromatic N) is 3. The highest BCUT2D eigenvalue weighted by atomic mass is 16.2. The van der Waals surface area contributed by atoms with Crippen LogP contribution in [0.15, 0.2) is 6.07 Å². The third-order valence-electron chi connectivity index (χ3n) is 4.39. The second kappa shape index (κ2) is 7.48. The van der Waals surface area contributed by atoms with Crippen molar-refractivity contribution in [2.75, 3.05) is 19.6 Å². The van der Waals surface area contributed by atoms with Gasteiger partial charge in [0.2, 0.25) is 5.91 Å². The number of primary amides is 1. The smallest absolute Gasteiger partial charge is 0.314 e. The Morgan fingerprint density at radius 1 is 1.39 bits per heavy atom. The monoisotopic (exact) mass is 321 g/mol. The Labute approximate surface area is 137 Å². The van der Waals surface area contributed by atoms with Crippen LogP contribution in [-0.4, -0.2) is 46.3 Å². The Hall–Kier alpha value is -2.05. The van der Waals surface area contributed by atoms with Gasteiger partial charge in [0.05, 0.1) is 5.69 Å². The molecule has 1 aliphatic heterocycles. The molecule has 0 bridgehead atoms. The van der Waals surface area contributed by atoms with Gasteiger partial charge in [0.25, 0.3) is 0 Å².